The van der Waals surface area contributed by atoms with E-state index in [0.29, 0.717) is 32.0 Å². The van der Waals surface area contributed by atoms with E-state index < -0.39 is 0 Å². The lowest BCUT2D eigenvalue weighted by atomic mass is 9.96. The van der Waals surface area contributed by atoms with E-state index in [1.54, 1.807) is 23.3 Å². The Labute approximate surface area is 140 Å². The first-order valence-corrected chi connectivity index (χ1v) is 9.02. The molecule has 3 rings (SSSR count). The minimum absolute atomic E-state index is 0.0638. The van der Waals surface area contributed by atoms with Crippen LogP contribution < -0.4 is 0 Å². The van der Waals surface area contributed by atoms with E-state index in [1.165, 1.54) is 0 Å². The summed E-state index contributed by atoms with van der Waals surface area (Å²) in [6, 6.07) is 0. The Bertz CT molecular complexity index is 549. The monoisotopic (exact) mass is 337 g/mol. The smallest absolute Gasteiger partial charge is 0.228 e. The van der Waals surface area contributed by atoms with E-state index in [4.69, 9.17) is 4.74 Å². The summed E-state index contributed by atoms with van der Waals surface area (Å²) in [4.78, 5) is 32.9. The highest BCUT2D eigenvalue weighted by atomic mass is 32.1. The van der Waals surface area contributed by atoms with Gasteiger partial charge in [-0.2, -0.15) is 0 Å². The Hall–Kier alpha value is -1.47. The molecule has 7 heteroatoms. The van der Waals surface area contributed by atoms with Gasteiger partial charge in [-0.25, -0.2) is 4.98 Å². The van der Waals surface area contributed by atoms with Crippen molar-refractivity contribution < 1.29 is 14.3 Å². The molecule has 0 radical (unpaired) electrons. The topological polar surface area (TPSA) is 62.7 Å². The lowest BCUT2D eigenvalue weighted by Crippen LogP contribution is -2.43. The van der Waals surface area contributed by atoms with Crippen LogP contribution in [0.3, 0.4) is 0 Å². The molecule has 2 saturated heterocycles. The summed E-state index contributed by atoms with van der Waals surface area (Å²) in [7, 11) is 1.62. The third kappa shape index (κ3) is 3.72. The van der Waals surface area contributed by atoms with Gasteiger partial charge in [0.25, 0.3) is 0 Å². The van der Waals surface area contributed by atoms with Gasteiger partial charge in [0.15, 0.2) is 0 Å². The average Bonchev–Trinajstić information content (AvgIpc) is 3.22. The predicted octanol–water partition coefficient (Wildman–Crippen LogP) is 1.34. The molecule has 1 aromatic rings. The number of nitrogens with zero attached hydrogens (tertiary/aromatic N) is 3. The molecule has 0 aliphatic carbocycles. The molecule has 2 atom stereocenters. The minimum Gasteiger partial charge on any atom is -0.383 e. The molecule has 0 aromatic carbocycles. The van der Waals surface area contributed by atoms with Gasteiger partial charge in [-0.05, 0) is 12.8 Å². The lowest BCUT2D eigenvalue weighted by Gasteiger charge is -2.33. The largest absolute Gasteiger partial charge is 0.383 e. The molecule has 6 nitrogen and oxygen atoms in total. The molecular weight excluding hydrogens is 314 g/mol. The molecule has 3 heterocycles. The summed E-state index contributed by atoms with van der Waals surface area (Å²) in [6.45, 7) is 3.14. The van der Waals surface area contributed by atoms with Crippen molar-refractivity contribution in [2.75, 3.05) is 39.9 Å². The number of carbonyl (C=O) groups is 2. The zero-order chi connectivity index (χ0) is 16.2. The maximum Gasteiger partial charge on any atom is 0.228 e. The molecule has 2 amide bonds. The van der Waals surface area contributed by atoms with Crippen LogP contribution in [0.25, 0.3) is 0 Å². The Kier molecular flexibility index (Phi) is 5.27. The number of thiazole rings is 1. The molecule has 2 aliphatic rings. The van der Waals surface area contributed by atoms with Crippen molar-refractivity contribution in [1.29, 1.82) is 0 Å². The van der Waals surface area contributed by atoms with Crippen molar-refractivity contribution in [3.8, 4) is 0 Å². The fourth-order valence-corrected chi connectivity index (χ4v) is 4.20. The highest BCUT2D eigenvalue weighted by Crippen LogP contribution is 2.30. The summed E-state index contributed by atoms with van der Waals surface area (Å²) in [6.07, 6.45) is 4.25. The third-order valence-corrected chi connectivity index (χ3v) is 5.60. The van der Waals surface area contributed by atoms with Gasteiger partial charge in [0.2, 0.25) is 11.8 Å². The second kappa shape index (κ2) is 7.40. The lowest BCUT2D eigenvalue weighted by molar-refractivity contribution is -0.137. The van der Waals surface area contributed by atoms with Crippen molar-refractivity contribution in [2.45, 2.75) is 25.2 Å². The number of likely N-dealkylation sites (tertiary alicyclic amines) is 2. The van der Waals surface area contributed by atoms with Gasteiger partial charge in [-0.15, -0.1) is 11.3 Å². The van der Waals surface area contributed by atoms with Gasteiger partial charge in [0.1, 0.15) is 0 Å². The van der Waals surface area contributed by atoms with Crippen molar-refractivity contribution in [3.05, 3.63) is 16.6 Å². The SMILES string of the molecule is COCCN1C[C@H](C(=O)N2CCC[C@@H](c3nccs3)C2)CC1=O. The second-order valence-electron chi connectivity index (χ2n) is 6.23. The van der Waals surface area contributed by atoms with Crippen LogP contribution in [-0.2, 0) is 14.3 Å². The van der Waals surface area contributed by atoms with E-state index in [-0.39, 0.29) is 17.7 Å². The number of piperidine rings is 1. The van der Waals surface area contributed by atoms with Gasteiger partial charge < -0.3 is 14.5 Å². The fourth-order valence-electron chi connectivity index (χ4n) is 3.43. The predicted molar refractivity (Wildman–Crippen MR) is 87.2 cm³/mol. The molecule has 0 bridgehead atoms. The second-order valence-corrected chi connectivity index (χ2v) is 7.15. The standard InChI is InChI=1S/C16H23N3O3S/c1-22-7-6-18-11-13(9-14(18)20)16(21)19-5-2-3-12(10-19)15-17-4-8-23-15/h4,8,12-13H,2-3,5-7,9-11H2,1H3/t12-,13-/m1/s1. The number of methoxy groups -OCH3 is 1. The molecule has 23 heavy (non-hydrogen) atoms. The first-order valence-electron chi connectivity index (χ1n) is 8.14. The van der Waals surface area contributed by atoms with Crippen molar-refractivity contribution >= 4 is 23.2 Å². The van der Waals surface area contributed by atoms with Crippen LogP contribution in [0.5, 0.6) is 0 Å². The van der Waals surface area contributed by atoms with Crippen molar-refractivity contribution in [3.63, 3.8) is 0 Å². The normalized spacial score (nSPS) is 25.2. The molecule has 2 aliphatic heterocycles. The maximum absolute atomic E-state index is 12.8. The molecule has 0 spiro atoms. The quantitative estimate of drug-likeness (QED) is 0.813. The summed E-state index contributed by atoms with van der Waals surface area (Å²) in [5.74, 6) is 0.331. The van der Waals surface area contributed by atoms with Gasteiger partial charge in [-0.3, -0.25) is 9.59 Å². The van der Waals surface area contributed by atoms with Gasteiger partial charge >= 0.3 is 0 Å². The third-order valence-electron chi connectivity index (χ3n) is 4.66. The Morgan fingerprint density at radius 2 is 2.35 bits per heavy atom. The number of amides is 2. The van der Waals surface area contributed by atoms with Crippen LogP contribution >= 0.6 is 11.3 Å². The zero-order valence-electron chi connectivity index (χ0n) is 13.4. The van der Waals surface area contributed by atoms with Crippen LogP contribution in [-0.4, -0.2) is 66.5 Å². The van der Waals surface area contributed by atoms with Gasteiger partial charge in [-0.1, -0.05) is 0 Å². The Morgan fingerprint density at radius 1 is 1.48 bits per heavy atom. The Morgan fingerprint density at radius 3 is 3.09 bits per heavy atom. The van der Waals surface area contributed by atoms with Crippen LogP contribution in [0, 0.1) is 5.92 Å². The molecule has 0 saturated carbocycles. The fraction of sp³-hybridized carbons (Fsp3) is 0.688. The molecule has 0 unspecified atom stereocenters. The number of aromatic nitrogens is 1. The summed E-state index contributed by atoms with van der Waals surface area (Å²) >= 11 is 1.66. The molecule has 126 valence electrons. The highest BCUT2D eigenvalue weighted by molar-refractivity contribution is 7.09. The van der Waals surface area contributed by atoms with Crippen LogP contribution in [0.2, 0.25) is 0 Å². The van der Waals surface area contributed by atoms with E-state index in [2.05, 4.69) is 4.98 Å². The van der Waals surface area contributed by atoms with Crippen molar-refractivity contribution in [1.82, 2.24) is 14.8 Å². The highest BCUT2D eigenvalue weighted by Gasteiger charge is 2.37. The van der Waals surface area contributed by atoms with Crippen LogP contribution in [0.1, 0.15) is 30.2 Å². The number of rotatable bonds is 5. The number of hydrogen-bond acceptors (Lipinski definition) is 5. The molecule has 1 aromatic heterocycles. The number of carbonyl (C=O) groups excluding carboxylic acids is 2. The maximum atomic E-state index is 12.8. The minimum atomic E-state index is -0.200. The Balaban J connectivity index is 1.58. The summed E-state index contributed by atoms with van der Waals surface area (Å²) in [5.41, 5.74) is 0. The zero-order valence-corrected chi connectivity index (χ0v) is 14.3. The number of ether oxygens (including phenoxy) is 1. The summed E-state index contributed by atoms with van der Waals surface area (Å²) in [5, 5.41) is 3.10. The molecular formula is C16H23N3O3S. The average molecular weight is 337 g/mol. The van der Waals surface area contributed by atoms with E-state index >= 15 is 0 Å². The van der Waals surface area contributed by atoms with Crippen LogP contribution in [0.15, 0.2) is 11.6 Å². The van der Waals surface area contributed by atoms with Gasteiger partial charge in [0.05, 0.1) is 17.5 Å². The summed E-state index contributed by atoms with van der Waals surface area (Å²) < 4.78 is 5.02. The molecule has 2 fully saturated rings. The first-order chi connectivity index (χ1) is 11.2. The number of hydrogen-bond donors (Lipinski definition) is 0. The first kappa shape index (κ1) is 16.4. The van der Waals surface area contributed by atoms with E-state index in [1.807, 2.05) is 16.5 Å². The van der Waals surface area contributed by atoms with Crippen LogP contribution in [0.4, 0.5) is 0 Å². The molecule has 0 N–H and O–H groups in total. The van der Waals surface area contributed by atoms with Gasteiger partial charge in [0, 0.05) is 57.2 Å². The van der Waals surface area contributed by atoms with E-state index in [0.717, 1.165) is 30.9 Å². The van der Waals surface area contributed by atoms with Crippen molar-refractivity contribution in [2.24, 2.45) is 5.92 Å². The van der Waals surface area contributed by atoms with E-state index in [9.17, 15) is 9.59 Å².